The standard InChI is InChI=1S/C17H23N7O2/c1-2-24(7-8-25)6-3-9-26-13-4-5-14-15(10-13)18-12-19-17(14)21-16-11-20-23-22-16/h4-5,10-12,25H,2-3,6-9H2,1H3,(H2,18,19,20,21,22,23). The molecule has 9 heteroatoms. The third kappa shape index (κ3) is 4.64. The maximum Gasteiger partial charge on any atom is 0.173 e. The SMILES string of the molecule is CCN(CCO)CCCOc1ccc2c(Nc3cn[nH]n3)ncnc2c1. The number of H-pyrrole nitrogens is 1. The van der Waals surface area contributed by atoms with Crippen LogP contribution in [0.4, 0.5) is 11.6 Å². The highest BCUT2D eigenvalue weighted by atomic mass is 16.5. The van der Waals surface area contributed by atoms with Crippen LogP contribution in [0.5, 0.6) is 5.75 Å². The third-order valence-electron chi connectivity index (χ3n) is 4.02. The Labute approximate surface area is 151 Å². The van der Waals surface area contributed by atoms with Crippen LogP contribution in [0.15, 0.2) is 30.7 Å². The molecule has 3 aromatic rings. The number of aliphatic hydroxyl groups excluding tert-OH is 1. The summed E-state index contributed by atoms with van der Waals surface area (Å²) in [6, 6.07) is 5.73. The molecular formula is C17H23N7O2. The van der Waals surface area contributed by atoms with Crippen LogP contribution in [0.3, 0.4) is 0 Å². The number of rotatable bonds is 10. The van der Waals surface area contributed by atoms with Crippen molar-refractivity contribution in [2.45, 2.75) is 13.3 Å². The molecule has 0 radical (unpaired) electrons. The van der Waals surface area contributed by atoms with Crippen molar-refractivity contribution in [3.63, 3.8) is 0 Å². The van der Waals surface area contributed by atoms with Gasteiger partial charge in [-0.25, -0.2) is 9.97 Å². The number of ether oxygens (including phenoxy) is 1. The van der Waals surface area contributed by atoms with E-state index in [-0.39, 0.29) is 6.61 Å². The molecule has 0 spiro atoms. The summed E-state index contributed by atoms with van der Waals surface area (Å²) in [4.78, 5) is 10.8. The first-order valence-electron chi connectivity index (χ1n) is 8.63. The van der Waals surface area contributed by atoms with Crippen molar-refractivity contribution in [2.24, 2.45) is 0 Å². The van der Waals surface area contributed by atoms with Crippen molar-refractivity contribution >= 4 is 22.5 Å². The molecule has 0 atom stereocenters. The fourth-order valence-corrected chi connectivity index (χ4v) is 2.66. The van der Waals surface area contributed by atoms with Gasteiger partial charge in [-0.05, 0) is 25.1 Å². The van der Waals surface area contributed by atoms with Crippen LogP contribution in [0.25, 0.3) is 10.9 Å². The van der Waals surface area contributed by atoms with Crippen LogP contribution in [0, 0.1) is 0 Å². The summed E-state index contributed by atoms with van der Waals surface area (Å²) in [6.07, 6.45) is 3.99. The molecule has 0 aliphatic carbocycles. The van der Waals surface area contributed by atoms with Gasteiger partial charge in [-0.3, -0.25) is 0 Å². The zero-order chi connectivity index (χ0) is 18.2. The Hall–Kier alpha value is -2.78. The number of aromatic amines is 1. The highest BCUT2D eigenvalue weighted by molar-refractivity contribution is 5.91. The van der Waals surface area contributed by atoms with Gasteiger partial charge in [0.2, 0.25) is 0 Å². The molecule has 2 heterocycles. The van der Waals surface area contributed by atoms with Gasteiger partial charge in [0.05, 0.1) is 24.9 Å². The van der Waals surface area contributed by atoms with Gasteiger partial charge in [-0.2, -0.15) is 10.3 Å². The highest BCUT2D eigenvalue weighted by Crippen LogP contribution is 2.25. The Morgan fingerprint density at radius 2 is 2.19 bits per heavy atom. The molecule has 0 aliphatic rings. The van der Waals surface area contributed by atoms with Gasteiger partial charge in [-0.1, -0.05) is 6.92 Å². The quantitative estimate of drug-likeness (QED) is 0.469. The number of aromatic nitrogens is 5. The van der Waals surface area contributed by atoms with Crippen LogP contribution in [-0.2, 0) is 0 Å². The van der Waals surface area contributed by atoms with E-state index in [1.54, 1.807) is 6.20 Å². The number of nitrogens with zero attached hydrogens (tertiary/aromatic N) is 5. The second-order valence-corrected chi connectivity index (χ2v) is 5.74. The Morgan fingerprint density at radius 1 is 1.27 bits per heavy atom. The molecule has 2 aromatic heterocycles. The van der Waals surface area contributed by atoms with Crippen molar-refractivity contribution in [2.75, 3.05) is 38.2 Å². The van der Waals surface area contributed by atoms with Crippen LogP contribution in [0.1, 0.15) is 13.3 Å². The molecule has 3 N–H and O–H groups in total. The first-order chi connectivity index (χ1) is 12.8. The van der Waals surface area contributed by atoms with Crippen molar-refractivity contribution in [3.05, 3.63) is 30.7 Å². The van der Waals surface area contributed by atoms with Crippen molar-refractivity contribution < 1.29 is 9.84 Å². The Bertz CT molecular complexity index is 810. The number of benzene rings is 1. The van der Waals surface area contributed by atoms with Gasteiger partial charge in [-0.15, -0.1) is 5.10 Å². The first-order valence-corrected chi connectivity index (χ1v) is 8.63. The summed E-state index contributed by atoms with van der Waals surface area (Å²) in [5.41, 5.74) is 0.791. The minimum absolute atomic E-state index is 0.184. The molecule has 9 nitrogen and oxygen atoms in total. The fraction of sp³-hybridized carbons (Fsp3) is 0.412. The van der Waals surface area contributed by atoms with Gasteiger partial charge in [0.15, 0.2) is 5.82 Å². The highest BCUT2D eigenvalue weighted by Gasteiger charge is 2.07. The molecule has 1 aromatic carbocycles. The molecule has 0 amide bonds. The number of aliphatic hydroxyl groups is 1. The zero-order valence-electron chi connectivity index (χ0n) is 14.7. The lowest BCUT2D eigenvalue weighted by atomic mass is 10.2. The molecule has 138 valence electrons. The molecule has 26 heavy (non-hydrogen) atoms. The summed E-state index contributed by atoms with van der Waals surface area (Å²) < 4.78 is 5.84. The van der Waals surface area contributed by atoms with E-state index in [9.17, 15) is 0 Å². The lowest BCUT2D eigenvalue weighted by Crippen LogP contribution is -2.28. The molecule has 0 aliphatic heterocycles. The number of fused-ring (bicyclic) bond motifs is 1. The second-order valence-electron chi connectivity index (χ2n) is 5.74. The molecule has 0 saturated heterocycles. The van der Waals surface area contributed by atoms with E-state index in [0.717, 1.165) is 36.2 Å². The van der Waals surface area contributed by atoms with Crippen LogP contribution in [0.2, 0.25) is 0 Å². The average Bonchev–Trinajstić information content (AvgIpc) is 3.17. The Morgan fingerprint density at radius 3 is 2.96 bits per heavy atom. The predicted octanol–water partition coefficient (Wildman–Crippen LogP) is 1.57. The van der Waals surface area contributed by atoms with Gasteiger partial charge >= 0.3 is 0 Å². The summed E-state index contributed by atoms with van der Waals surface area (Å²) in [6.45, 7) is 5.41. The third-order valence-corrected chi connectivity index (χ3v) is 4.02. The van der Waals surface area contributed by atoms with Gasteiger partial charge in [0.25, 0.3) is 0 Å². The monoisotopic (exact) mass is 357 g/mol. The number of nitrogens with one attached hydrogen (secondary N) is 2. The maximum atomic E-state index is 9.01. The Kier molecular flexibility index (Phi) is 6.29. The summed E-state index contributed by atoms with van der Waals surface area (Å²) in [5.74, 6) is 2.03. The predicted molar refractivity (Wildman–Crippen MR) is 98.5 cm³/mol. The molecule has 0 saturated carbocycles. The van der Waals surface area contributed by atoms with Crippen molar-refractivity contribution in [3.8, 4) is 5.75 Å². The second kappa shape index (κ2) is 9.07. The normalized spacial score (nSPS) is 11.2. The number of hydrogen-bond donors (Lipinski definition) is 3. The number of hydrogen-bond acceptors (Lipinski definition) is 8. The van der Waals surface area contributed by atoms with Gasteiger partial charge in [0, 0.05) is 24.5 Å². The molecule has 3 rings (SSSR count). The molecule has 0 bridgehead atoms. The summed E-state index contributed by atoms with van der Waals surface area (Å²) in [7, 11) is 0. The van der Waals surface area contributed by atoms with Crippen LogP contribution < -0.4 is 10.1 Å². The van der Waals surface area contributed by atoms with E-state index in [4.69, 9.17) is 9.84 Å². The van der Waals surface area contributed by atoms with Gasteiger partial charge < -0.3 is 20.1 Å². The Balaban J connectivity index is 1.61. The minimum Gasteiger partial charge on any atom is -0.493 e. The smallest absolute Gasteiger partial charge is 0.173 e. The zero-order valence-corrected chi connectivity index (χ0v) is 14.7. The van der Waals surface area contributed by atoms with E-state index >= 15 is 0 Å². The molecule has 0 unspecified atom stereocenters. The lowest BCUT2D eigenvalue weighted by molar-refractivity contribution is 0.189. The fourth-order valence-electron chi connectivity index (χ4n) is 2.66. The largest absolute Gasteiger partial charge is 0.493 e. The topological polar surface area (TPSA) is 112 Å². The average molecular weight is 357 g/mol. The van der Waals surface area contributed by atoms with Crippen molar-refractivity contribution in [1.29, 1.82) is 0 Å². The van der Waals surface area contributed by atoms with E-state index < -0.39 is 0 Å². The maximum absolute atomic E-state index is 9.01. The van der Waals surface area contributed by atoms with Crippen LogP contribution >= 0.6 is 0 Å². The van der Waals surface area contributed by atoms with E-state index in [1.165, 1.54) is 6.33 Å². The molecular weight excluding hydrogens is 334 g/mol. The first kappa shape index (κ1) is 18.0. The number of likely N-dealkylation sites (N-methyl/N-ethyl adjacent to an activating group) is 1. The number of anilines is 2. The minimum atomic E-state index is 0.184. The summed E-state index contributed by atoms with van der Waals surface area (Å²) >= 11 is 0. The molecule has 0 fully saturated rings. The van der Waals surface area contributed by atoms with Gasteiger partial charge in [0.1, 0.15) is 17.9 Å². The van der Waals surface area contributed by atoms with E-state index in [0.29, 0.717) is 24.8 Å². The van der Waals surface area contributed by atoms with E-state index in [2.05, 4.69) is 42.5 Å². The van der Waals surface area contributed by atoms with E-state index in [1.807, 2.05) is 18.2 Å². The lowest BCUT2D eigenvalue weighted by Gasteiger charge is -2.18. The summed E-state index contributed by atoms with van der Waals surface area (Å²) in [5, 5.41) is 23.3. The van der Waals surface area contributed by atoms with Crippen molar-refractivity contribution in [1.82, 2.24) is 30.3 Å². The van der Waals surface area contributed by atoms with Crippen LogP contribution in [-0.4, -0.2) is 68.2 Å².